The second-order valence-electron chi connectivity index (χ2n) is 8.58. The smallest absolute Gasteiger partial charge is 0.435 e. The highest BCUT2D eigenvalue weighted by atomic mass is 19.4. The van der Waals surface area contributed by atoms with Crippen molar-refractivity contribution in [3.05, 3.63) is 82.9 Å². The number of methoxy groups -OCH3 is 2. The number of ether oxygens (including phenoxy) is 2. The molecule has 192 valence electrons. The molecule has 0 unspecified atom stereocenters. The normalized spacial score (nSPS) is 12.6. The first-order valence-corrected chi connectivity index (χ1v) is 11.7. The summed E-state index contributed by atoms with van der Waals surface area (Å²) in [5, 5.41) is 6.79. The third kappa shape index (κ3) is 4.66. The van der Waals surface area contributed by atoms with Gasteiger partial charge >= 0.3 is 6.18 Å². The number of benzene rings is 2. The molecule has 2 aromatic heterocycles. The molecule has 2 heterocycles. The Balaban J connectivity index is 1.33. The molecule has 0 saturated carbocycles. The predicted octanol–water partition coefficient (Wildman–Crippen LogP) is 5.24. The molecule has 10 heteroatoms. The van der Waals surface area contributed by atoms with Gasteiger partial charge in [-0.15, -0.1) is 0 Å². The van der Waals surface area contributed by atoms with E-state index in [1.807, 2.05) is 12.1 Å². The summed E-state index contributed by atoms with van der Waals surface area (Å²) in [5.41, 5.74) is 2.00. The topological polar surface area (TPSA) is 78.5 Å². The highest BCUT2D eigenvalue weighted by molar-refractivity contribution is 5.94. The van der Waals surface area contributed by atoms with Crippen LogP contribution in [0.3, 0.4) is 0 Å². The van der Waals surface area contributed by atoms with Crippen molar-refractivity contribution in [2.24, 2.45) is 0 Å². The SMILES string of the molecule is COc1ccc(CCNC(=O)c2ccc(-n3nc(C(F)(F)F)c4c3-c3ccoc3CC4)cc2)cc1OC. The number of halogens is 3. The number of furan rings is 1. The van der Waals surface area contributed by atoms with Gasteiger partial charge in [-0.1, -0.05) is 6.07 Å². The molecule has 1 amide bonds. The first-order valence-electron chi connectivity index (χ1n) is 11.7. The molecule has 0 bridgehead atoms. The Kier molecular flexibility index (Phi) is 6.41. The van der Waals surface area contributed by atoms with E-state index < -0.39 is 11.9 Å². The lowest BCUT2D eigenvalue weighted by Gasteiger charge is -2.15. The van der Waals surface area contributed by atoms with E-state index in [-0.39, 0.29) is 17.9 Å². The third-order valence-electron chi connectivity index (χ3n) is 6.38. The van der Waals surface area contributed by atoms with E-state index in [0.717, 1.165) is 5.56 Å². The second-order valence-corrected chi connectivity index (χ2v) is 8.58. The van der Waals surface area contributed by atoms with E-state index in [9.17, 15) is 18.0 Å². The Morgan fingerprint density at radius 3 is 2.51 bits per heavy atom. The Labute approximate surface area is 210 Å². The number of nitrogens with one attached hydrogen (secondary N) is 1. The fourth-order valence-electron chi connectivity index (χ4n) is 4.57. The van der Waals surface area contributed by atoms with Crippen molar-refractivity contribution in [2.45, 2.75) is 25.4 Å². The molecule has 0 fully saturated rings. The zero-order valence-corrected chi connectivity index (χ0v) is 20.2. The van der Waals surface area contributed by atoms with Gasteiger partial charge in [0.05, 0.1) is 31.9 Å². The zero-order chi connectivity index (χ0) is 26.2. The molecule has 0 atom stereocenters. The van der Waals surface area contributed by atoms with Crippen LogP contribution in [0, 0.1) is 0 Å². The van der Waals surface area contributed by atoms with Gasteiger partial charge in [-0.2, -0.15) is 18.3 Å². The number of aryl methyl sites for hydroxylation is 1. The molecule has 1 aliphatic rings. The van der Waals surface area contributed by atoms with Crippen LogP contribution in [-0.4, -0.2) is 36.5 Å². The Morgan fingerprint density at radius 2 is 1.81 bits per heavy atom. The number of fused-ring (bicyclic) bond motifs is 3. The van der Waals surface area contributed by atoms with Gasteiger partial charge in [0.25, 0.3) is 5.91 Å². The summed E-state index contributed by atoms with van der Waals surface area (Å²) >= 11 is 0. The van der Waals surface area contributed by atoms with Crippen LogP contribution >= 0.6 is 0 Å². The molecule has 0 aliphatic heterocycles. The minimum atomic E-state index is -4.58. The lowest BCUT2D eigenvalue weighted by Crippen LogP contribution is -2.25. The molecular formula is C27H24F3N3O4. The number of rotatable bonds is 7. The largest absolute Gasteiger partial charge is 0.493 e. The molecule has 1 aliphatic carbocycles. The summed E-state index contributed by atoms with van der Waals surface area (Å²) in [7, 11) is 3.12. The minimum Gasteiger partial charge on any atom is -0.493 e. The molecule has 4 aromatic rings. The summed E-state index contributed by atoms with van der Waals surface area (Å²) in [6.45, 7) is 0.390. The lowest BCUT2D eigenvalue weighted by atomic mass is 9.94. The number of hydrogen-bond donors (Lipinski definition) is 1. The van der Waals surface area contributed by atoms with Crippen molar-refractivity contribution in [2.75, 3.05) is 20.8 Å². The maximum Gasteiger partial charge on any atom is 0.435 e. The third-order valence-corrected chi connectivity index (χ3v) is 6.38. The molecule has 7 nitrogen and oxygen atoms in total. The zero-order valence-electron chi connectivity index (χ0n) is 20.2. The fourth-order valence-corrected chi connectivity index (χ4v) is 4.57. The van der Waals surface area contributed by atoms with Crippen molar-refractivity contribution in [3.8, 4) is 28.4 Å². The van der Waals surface area contributed by atoms with Gasteiger partial charge in [0.15, 0.2) is 17.2 Å². The van der Waals surface area contributed by atoms with E-state index in [4.69, 9.17) is 13.9 Å². The monoisotopic (exact) mass is 511 g/mol. The van der Waals surface area contributed by atoms with E-state index in [2.05, 4.69) is 10.4 Å². The van der Waals surface area contributed by atoms with Crippen LogP contribution in [-0.2, 0) is 25.4 Å². The van der Waals surface area contributed by atoms with Crippen molar-refractivity contribution in [1.82, 2.24) is 15.1 Å². The summed E-state index contributed by atoms with van der Waals surface area (Å²) in [4.78, 5) is 12.7. The fraction of sp³-hybridized carbons (Fsp3) is 0.259. The first kappa shape index (κ1) is 24.5. The van der Waals surface area contributed by atoms with Crippen LogP contribution in [0.5, 0.6) is 11.5 Å². The molecule has 0 saturated heterocycles. The van der Waals surface area contributed by atoms with Crippen molar-refractivity contribution in [1.29, 1.82) is 0 Å². The Hall–Kier alpha value is -4.21. The highest BCUT2D eigenvalue weighted by Crippen LogP contribution is 2.42. The number of carbonyl (C=O) groups is 1. The van der Waals surface area contributed by atoms with Crippen molar-refractivity contribution in [3.63, 3.8) is 0 Å². The van der Waals surface area contributed by atoms with Gasteiger partial charge in [0, 0.05) is 29.7 Å². The predicted molar refractivity (Wildman–Crippen MR) is 129 cm³/mol. The molecule has 2 aromatic carbocycles. The Morgan fingerprint density at radius 1 is 1.05 bits per heavy atom. The van der Waals surface area contributed by atoms with Crippen LogP contribution < -0.4 is 14.8 Å². The van der Waals surface area contributed by atoms with Crippen LogP contribution in [0.1, 0.15) is 32.9 Å². The molecule has 37 heavy (non-hydrogen) atoms. The van der Waals surface area contributed by atoms with E-state index in [0.29, 0.717) is 59.2 Å². The average Bonchev–Trinajstić information content (AvgIpc) is 3.53. The van der Waals surface area contributed by atoms with E-state index in [1.54, 1.807) is 50.6 Å². The number of hydrogen-bond acceptors (Lipinski definition) is 5. The quantitative estimate of drug-likeness (QED) is 0.367. The summed E-state index contributed by atoms with van der Waals surface area (Å²) < 4.78 is 58.5. The van der Waals surface area contributed by atoms with Crippen LogP contribution in [0.25, 0.3) is 16.9 Å². The number of aromatic nitrogens is 2. The number of amides is 1. The number of nitrogens with zero attached hydrogens (tertiary/aromatic N) is 2. The Bertz CT molecular complexity index is 1440. The number of alkyl halides is 3. The molecule has 5 rings (SSSR count). The summed E-state index contributed by atoms with van der Waals surface area (Å²) in [6.07, 6.45) is -1.96. The van der Waals surface area contributed by atoms with Crippen molar-refractivity contribution >= 4 is 5.91 Å². The first-order chi connectivity index (χ1) is 17.8. The van der Waals surface area contributed by atoms with Crippen LogP contribution in [0.2, 0.25) is 0 Å². The van der Waals surface area contributed by atoms with Crippen LogP contribution in [0.4, 0.5) is 13.2 Å². The van der Waals surface area contributed by atoms with E-state index >= 15 is 0 Å². The van der Waals surface area contributed by atoms with Gasteiger partial charge in [0.2, 0.25) is 0 Å². The van der Waals surface area contributed by atoms with Crippen molar-refractivity contribution < 1.29 is 31.9 Å². The van der Waals surface area contributed by atoms with Gasteiger partial charge < -0.3 is 19.2 Å². The summed E-state index contributed by atoms with van der Waals surface area (Å²) in [6, 6.07) is 13.5. The number of carbonyl (C=O) groups excluding carboxylic acids is 1. The maximum atomic E-state index is 13.7. The molecule has 1 N–H and O–H groups in total. The minimum absolute atomic E-state index is 0.151. The molecule has 0 radical (unpaired) electrons. The highest BCUT2D eigenvalue weighted by Gasteiger charge is 2.41. The molecule has 0 spiro atoms. The lowest BCUT2D eigenvalue weighted by molar-refractivity contribution is -0.142. The van der Waals surface area contributed by atoms with Crippen LogP contribution in [0.15, 0.2) is 59.2 Å². The van der Waals surface area contributed by atoms with Gasteiger partial charge in [-0.05, 0) is 60.9 Å². The van der Waals surface area contributed by atoms with E-state index in [1.165, 1.54) is 10.9 Å². The summed E-state index contributed by atoms with van der Waals surface area (Å²) in [5.74, 6) is 1.58. The second kappa shape index (κ2) is 9.68. The average molecular weight is 512 g/mol. The van der Waals surface area contributed by atoms with Gasteiger partial charge in [-0.25, -0.2) is 4.68 Å². The molecular weight excluding hydrogens is 487 g/mol. The van der Waals surface area contributed by atoms with Gasteiger partial charge in [0.1, 0.15) is 5.76 Å². The van der Waals surface area contributed by atoms with Gasteiger partial charge in [-0.3, -0.25) is 4.79 Å². The standard InChI is InChI=1S/C27H24F3N3O4/c1-35-22-9-3-16(15-23(22)36-2)11-13-31-26(34)17-4-6-18(7-5-17)33-24-19-12-14-37-21(19)10-8-20(24)25(32-33)27(28,29)30/h3-7,9,12,14-15H,8,10-11,13H2,1-2H3,(H,31,34). The maximum absolute atomic E-state index is 13.7.